The Hall–Kier alpha value is -1.81. The highest BCUT2D eigenvalue weighted by Gasteiger charge is 2.35. The molecule has 12 heteroatoms. The lowest BCUT2D eigenvalue weighted by Crippen LogP contribution is -2.38. The van der Waals surface area contributed by atoms with Crippen molar-refractivity contribution in [3.8, 4) is 17.2 Å². The lowest BCUT2D eigenvalue weighted by Gasteiger charge is -2.26. The molecule has 1 aromatic carbocycles. The SMILES string of the molecule is COc1cc(NC(=O)OCC(Cl)(Cl)Cl)c(C(=O)N2CCCC2CO)c(OC)c1OC. The topological polar surface area (TPSA) is 107 Å². The molecule has 2 amide bonds. The molecule has 1 saturated heterocycles. The van der Waals surface area contributed by atoms with Gasteiger partial charge in [0.05, 0.1) is 39.7 Å². The van der Waals surface area contributed by atoms with E-state index in [9.17, 15) is 14.7 Å². The van der Waals surface area contributed by atoms with E-state index in [1.54, 1.807) is 0 Å². The normalized spacial score (nSPS) is 16.2. The van der Waals surface area contributed by atoms with E-state index in [2.05, 4.69) is 5.32 Å². The summed E-state index contributed by atoms with van der Waals surface area (Å²) < 4.78 is 19.2. The molecule has 1 heterocycles. The van der Waals surface area contributed by atoms with Crippen molar-refractivity contribution < 1.29 is 33.6 Å². The number of benzene rings is 1. The van der Waals surface area contributed by atoms with Gasteiger partial charge < -0.3 is 29.0 Å². The van der Waals surface area contributed by atoms with Gasteiger partial charge in [-0.1, -0.05) is 34.8 Å². The molecule has 1 fully saturated rings. The van der Waals surface area contributed by atoms with E-state index in [-0.39, 0.29) is 41.1 Å². The van der Waals surface area contributed by atoms with E-state index < -0.39 is 22.4 Å². The van der Waals surface area contributed by atoms with Gasteiger partial charge in [-0.2, -0.15) is 0 Å². The van der Waals surface area contributed by atoms with Crippen molar-refractivity contribution in [3.05, 3.63) is 11.6 Å². The molecule has 0 saturated carbocycles. The van der Waals surface area contributed by atoms with Crippen molar-refractivity contribution in [2.24, 2.45) is 0 Å². The van der Waals surface area contributed by atoms with Crippen molar-refractivity contribution >= 4 is 52.5 Å². The van der Waals surface area contributed by atoms with Crippen LogP contribution in [-0.2, 0) is 4.74 Å². The second-order valence-corrected chi connectivity index (χ2v) is 8.88. The van der Waals surface area contributed by atoms with Crippen LogP contribution in [0.3, 0.4) is 0 Å². The number of rotatable bonds is 7. The molecule has 2 N–H and O–H groups in total. The minimum atomic E-state index is -1.80. The number of nitrogens with zero attached hydrogens (tertiary/aromatic N) is 1. The number of methoxy groups -OCH3 is 3. The van der Waals surface area contributed by atoms with Gasteiger partial charge in [0.15, 0.2) is 11.5 Å². The number of alkyl halides is 3. The standard InChI is InChI=1S/C18H23Cl3N2O7/c1-27-12-7-11(22-17(26)30-9-18(19,20)21)13(15(29-3)14(12)28-2)16(25)23-6-4-5-10(23)8-24/h7,10,24H,4-6,8-9H2,1-3H3,(H,22,26). The molecule has 0 bridgehead atoms. The first-order valence-corrected chi connectivity index (χ1v) is 10.1. The van der Waals surface area contributed by atoms with Crippen LogP contribution in [0.15, 0.2) is 6.07 Å². The minimum Gasteiger partial charge on any atom is -0.493 e. The summed E-state index contributed by atoms with van der Waals surface area (Å²) in [6, 6.07) is 1.05. The molecule has 1 aliphatic rings. The first kappa shape index (κ1) is 24.5. The number of amides is 2. The monoisotopic (exact) mass is 484 g/mol. The Morgan fingerprint density at radius 2 is 1.87 bits per heavy atom. The zero-order valence-corrected chi connectivity index (χ0v) is 18.9. The van der Waals surface area contributed by atoms with Crippen LogP contribution in [-0.4, -0.2) is 72.9 Å². The van der Waals surface area contributed by atoms with Gasteiger partial charge in [-0.3, -0.25) is 10.1 Å². The summed E-state index contributed by atoms with van der Waals surface area (Å²) in [6.45, 7) is -0.246. The molecule has 1 atom stereocenters. The molecular formula is C18H23Cl3N2O7. The number of aliphatic hydroxyl groups is 1. The fourth-order valence-electron chi connectivity index (χ4n) is 3.20. The average Bonchev–Trinajstić information content (AvgIpc) is 3.19. The van der Waals surface area contributed by atoms with Crippen LogP contribution in [0.2, 0.25) is 0 Å². The third-order valence-corrected chi connectivity index (χ3v) is 4.82. The second kappa shape index (κ2) is 10.5. The number of halogens is 3. The molecule has 1 aromatic rings. The number of nitrogens with one attached hydrogen (secondary N) is 1. The number of hydrogen-bond acceptors (Lipinski definition) is 7. The zero-order chi connectivity index (χ0) is 22.5. The summed E-state index contributed by atoms with van der Waals surface area (Å²) in [6.07, 6.45) is 0.441. The second-order valence-electron chi connectivity index (χ2n) is 6.36. The summed E-state index contributed by atoms with van der Waals surface area (Å²) in [5.41, 5.74) is 0.0636. The first-order valence-electron chi connectivity index (χ1n) is 8.92. The summed E-state index contributed by atoms with van der Waals surface area (Å²) in [4.78, 5) is 27.1. The number of hydrogen-bond donors (Lipinski definition) is 2. The Morgan fingerprint density at radius 1 is 1.20 bits per heavy atom. The first-order chi connectivity index (χ1) is 14.2. The number of carbonyl (C=O) groups excluding carboxylic acids is 2. The lowest BCUT2D eigenvalue weighted by molar-refractivity contribution is 0.0674. The van der Waals surface area contributed by atoms with Crippen molar-refractivity contribution in [1.82, 2.24) is 4.90 Å². The molecule has 1 aliphatic heterocycles. The number of likely N-dealkylation sites (tertiary alicyclic amines) is 1. The molecule has 168 valence electrons. The quantitative estimate of drug-likeness (QED) is 0.571. The number of anilines is 1. The van der Waals surface area contributed by atoms with Crippen molar-refractivity contribution in [2.75, 3.05) is 46.4 Å². The van der Waals surface area contributed by atoms with Gasteiger partial charge in [0.25, 0.3) is 5.91 Å². The Bertz CT molecular complexity index is 786. The Morgan fingerprint density at radius 3 is 2.40 bits per heavy atom. The number of ether oxygens (including phenoxy) is 4. The predicted molar refractivity (Wildman–Crippen MR) is 113 cm³/mol. The maximum Gasteiger partial charge on any atom is 0.411 e. The molecule has 0 radical (unpaired) electrons. The Balaban J connectivity index is 2.50. The predicted octanol–water partition coefficient (Wildman–Crippen LogP) is 3.23. The van der Waals surface area contributed by atoms with E-state index in [4.69, 9.17) is 53.8 Å². The zero-order valence-electron chi connectivity index (χ0n) is 16.7. The van der Waals surface area contributed by atoms with E-state index >= 15 is 0 Å². The highest BCUT2D eigenvalue weighted by Crippen LogP contribution is 2.45. The summed E-state index contributed by atoms with van der Waals surface area (Å²) in [5.74, 6) is -0.0193. The van der Waals surface area contributed by atoms with Gasteiger partial charge in [-0.05, 0) is 12.8 Å². The van der Waals surface area contributed by atoms with E-state index in [1.807, 2.05) is 0 Å². The van der Waals surface area contributed by atoms with Crippen LogP contribution in [0.25, 0.3) is 0 Å². The third kappa shape index (κ3) is 5.66. The Kier molecular flexibility index (Phi) is 8.54. The van der Waals surface area contributed by atoms with Gasteiger partial charge >= 0.3 is 6.09 Å². The molecule has 0 aliphatic carbocycles. The smallest absolute Gasteiger partial charge is 0.411 e. The van der Waals surface area contributed by atoms with Gasteiger partial charge in [-0.15, -0.1) is 0 Å². The lowest BCUT2D eigenvalue weighted by atomic mass is 10.1. The summed E-state index contributed by atoms with van der Waals surface area (Å²) in [7, 11) is 4.14. The van der Waals surface area contributed by atoms with E-state index in [0.29, 0.717) is 13.0 Å². The number of carbonyl (C=O) groups is 2. The van der Waals surface area contributed by atoms with E-state index in [1.165, 1.54) is 32.3 Å². The number of aliphatic hydroxyl groups excluding tert-OH is 1. The fourth-order valence-corrected chi connectivity index (χ4v) is 3.36. The molecule has 0 spiro atoms. The van der Waals surface area contributed by atoms with Gasteiger partial charge in [0.2, 0.25) is 9.54 Å². The van der Waals surface area contributed by atoms with Crippen LogP contribution in [0.4, 0.5) is 10.5 Å². The maximum atomic E-state index is 13.4. The summed E-state index contributed by atoms with van der Waals surface area (Å²) >= 11 is 16.8. The van der Waals surface area contributed by atoms with Gasteiger partial charge in [0.1, 0.15) is 12.2 Å². The molecule has 0 aromatic heterocycles. The highest BCUT2D eigenvalue weighted by atomic mass is 35.6. The van der Waals surface area contributed by atoms with Gasteiger partial charge in [0, 0.05) is 12.6 Å². The molecular weight excluding hydrogens is 463 g/mol. The molecule has 30 heavy (non-hydrogen) atoms. The van der Waals surface area contributed by atoms with Crippen molar-refractivity contribution in [3.63, 3.8) is 0 Å². The highest BCUT2D eigenvalue weighted by molar-refractivity contribution is 6.67. The van der Waals surface area contributed by atoms with Crippen molar-refractivity contribution in [1.29, 1.82) is 0 Å². The van der Waals surface area contributed by atoms with Crippen LogP contribution in [0, 0.1) is 0 Å². The van der Waals surface area contributed by atoms with Crippen LogP contribution >= 0.6 is 34.8 Å². The largest absolute Gasteiger partial charge is 0.493 e. The minimum absolute atomic E-state index is 0.0151. The van der Waals surface area contributed by atoms with Crippen LogP contribution in [0.5, 0.6) is 17.2 Å². The van der Waals surface area contributed by atoms with Gasteiger partial charge in [-0.25, -0.2) is 4.79 Å². The molecule has 2 rings (SSSR count). The van der Waals surface area contributed by atoms with E-state index in [0.717, 1.165) is 6.42 Å². The third-order valence-electron chi connectivity index (χ3n) is 4.50. The summed E-state index contributed by atoms with van der Waals surface area (Å²) in [5, 5.41) is 12.1. The van der Waals surface area contributed by atoms with Crippen LogP contribution < -0.4 is 19.5 Å². The van der Waals surface area contributed by atoms with Crippen LogP contribution in [0.1, 0.15) is 23.2 Å². The average molecular weight is 486 g/mol. The fraction of sp³-hybridized carbons (Fsp3) is 0.556. The molecule has 1 unspecified atom stereocenters. The van der Waals surface area contributed by atoms with Crippen molar-refractivity contribution in [2.45, 2.75) is 22.7 Å². The Labute approximate surface area is 189 Å². The maximum absolute atomic E-state index is 13.4. The molecule has 9 nitrogen and oxygen atoms in total.